The molecule has 8 nitrogen and oxygen atoms in total. The van der Waals surface area contributed by atoms with Crippen LogP contribution in [-0.4, -0.2) is 48.0 Å². The number of aromatic nitrogens is 1. The van der Waals surface area contributed by atoms with Gasteiger partial charge in [0.1, 0.15) is 28.6 Å². The predicted molar refractivity (Wildman–Crippen MR) is 125 cm³/mol. The number of carbonyl (C=O) groups is 2. The Bertz CT molecular complexity index is 1220. The molecule has 1 aliphatic heterocycles. The van der Waals surface area contributed by atoms with Crippen LogP contribution in [0.3, 0.4) is 0 Å². The number of hydrogen-bond donors (Lipinski definition) is 1. The van der Waals surface area contributed by atoms with E-state index in [0.717, 1.165) is 0 Å². The maximum Gasteiger partial charge on any atom is 0.296 e. The average molecular weight is 460 g/mol. The Balaban J connectivity index is 1.92. The number of ketones is 1. The summed E-state index contributed by atoms with van der Waals surface area (Å²) >= 11 is 0. The van der Waals surface area contributed by atoms with Crippen molar-refractivity contribution in [3.8, 4) is 17.2 Å². The molecule has 0 bridgehead atoms. The minimum absolute atomic E-state index is 0.0612. The van der Waals surface area contributed by atoms with Crippen LogP contribution in [0.25, 0.3) is 5.76 Å². The first kappa shape index (κ1) is 22.8. The molecule has 2 heterocycles. The maximum absolute atomic E-state index is 13.3. The topological polar surface area (TPSA) is 98.2 Å². The van der Waals surface area contributed by atoms with E-state index in [0.29, 0.717) is 28.5 Å². The number of methoxy groups -OCH3 is 3. The minimum Gasteiger partial charge on any atom is -0.506 e. The van der Waals surface area contributed by atoms with Crippen LogP contribution < -0.4 is 14.2 Å². The number of rotatable bonds is 7. The molecule has 1 amide bonds. The predicted octanol–water partition coefficient (Wildman–Crippen LogP) is 3.73. The summed E-state index contributed by atoms with van der Waals surface area (Å²) in [5, 5.41) is 11.4. The van der Waals surface area contributed by atoms with E-state index in [1.54, 1.807) is 74.0 Å². The van der Waals surface area contributed by atoms with Crippen molar-refractivity contribution in [2.45, 2.75) is 12.6 Å². The summed E-state index contributed by atoms with van der Waals surface area (Å²) in [6.45, 7) is 0.0853. The first-order valence-corrected chi connectivity index (χ1v) is 10.5. The molecule has 0 saturated carbocycles. The van der Waals surface area contributed by atoms with Crippen molar-refractivity contribution in [3.05, 3.63) is 89.3 Å². The zero-order valence-electron chi connectivity index (χ0n) is 19.0. The van der Waals surface area contributed by atoms with Crippen molar-refractivity contribution in [2.75, 3.05) is 21.3 Å². The van der Waals surface area contributed by atoms with E-state index in [-0.39, 0.29) is 23.4 Å². The molecule has 1 fully saturated rings. The van der Waals surface area contributed by atoms with Crippen molar-refractivity contribution < 1.29 is 28.9 Å². The van der Waals surface area contributed by atoms with Crippen molar-refractivity contribution in [1.82, 2.24) is 9.88 Å². The standard InChI is InChI=1S/C26H24N2O6/c1-32-18-12-10-16(11-13-18)23-22(24(29)21-19(33-2)8-6-9-20(21)34-3)25(30)26(31)28(23)15-17-7-4-5-14-27-17/h4-14,23,29H,15H2,1-3H3/b24-22+. The number of aliphatic hydroxyl groups excluding tert-OH is 1. The number of likely N-dealkylation sites (tertiary alicyclic amines) is 1. The fourth-order valence-corrected chi connectivity index (χ4v) is 4.06. The van der Waals surface area contributed by atoms with Gasteiger partial charge in [0.15, 0.2) is 0 Å². The van der Waals surface area contributed by atoms with Crippen LogP contribution in [-0.2, 0) is 16.1 Å². The second-order valence-electron chi connectivity index (χ2n) is 7.56. The summed E-state index contributed by atoms with van der Waals surface area (Å²) in [6, 6.07) is 16.5. The van der Waals surface area contributed by atoms with E-state index in [9.17, 15) is 14.7 Å². The molecule has 0 spiro atoms. The van der Waals surface area contributed by atoms with Gasteiger partial charge in [-0.05, 0) is 42.0 Å². The molecule has 3 aromatic rings. The number of benzene rings is 2. The summed E-state index contributed by atoms with van der Waals surface area (Å²) in [5.74, 6) is -0.680. The van der Waals surface area contributed by atoms with E-state index in [4.69, 9.17) is 14.2 Å². The van der Waals surface area contributed by atoms with Crippen LogP contribution in [0.5, 0.6) is 17.2 Å². The third-order valence-corrected chi connectivity index (χ3v) is 5.69. The van der Waals surface area contributed by atoms with Crippen LogP contribution in [0.4, 0.5) is 0 Å². The molecule has 174 valence electrons. The molecule has 2 aromatic carbocycles. The number of ether oxygens (including phenoxy) is 3. The largest absolute Gasteiger partial charge is 0.506 e. The molecule has 34 heavy (non-hydrogen) atoms. The molecule has 0 radical (unpaired) electrons. The smallest absolute Gasteiger partial charge is 0.296 e. The van der Waals surface area contributed by atoms with Gasteiger partial charge in [0.2, 0.25) is 0 Å². The highest BCUT2D eigenvalue weighted by Gasteiger charge is 2.46. The van der Waals surface area contributed by atoms with Gasteiger partial charge in [-0.2, -0.15) is 0 Å². The monoisotopic (exact) mass is 460 g/mol. The van der Waals surface area contributed by atoms with E-state index in [1.165, 1.54) is 19.1 Å². The van der Waals surface area contributed by atoms with Crippen LogP contribution in [0, 0.1) is 0 Å². The minimum atomic E-state index is -0.859. The Morgan fingerprint density at radius 3 is 2.15 bits per heavy atom. The quantitative estimate of drug-likeness (QED) is 0.326. The van der Waals surface area contributed by atoms with Gasteiger partial charge in [-0.25, -0.2) is 0 Å². The third-order valence-electron chi connectivity index (χ3n) is 5.69. The van der Waals surface area contributed by atoms with Crippen LogP contribution in [0.15, 0.2) is 72.4 Å². The number of nitrogens with zero attached hydrogens (tertiary/aromatic N) is 2. The number of amides is 1. The molecule has 1 aliphatic rings. The van der Waals surface area contributed by atoms with Gasteiger partial charge in [0.25, 0.3) is 11.7 Å². The van der Waals surface area contributed by atoms with Gasteiger partial charge in [0, 0.05) is 6.20 Å². The summed E-state index contributed by atoms with van der Waals surface area (Å²) in [5.41, 5.74) is 1.37. The molecule has 1 aromatic heterocycles. The number of aliphatic hydroxyl groups is 1. The van der Waals surface area contributed by atoms with Gasteiger partial charge in [-0.15, -0.1) is 0 Å². The van der Waals surface area contributed by atoms with E-state index in [1.807, 2.05) is 0 Å². The lowest BCUT2D eigenvalue weighted by molar-refractivity contribution is -0.140. The zero-order chi connectivity index (χ0) is 24.2. The lowest BCUT2D eigenvalue weighted by Gasteiger charge is -2.25. The van der Waals surface area contributed by atoms with Crippen molar-refractivity contribution in [2.24, 2.45) is 0 Å². The highest BCUT2D eigenvalue weighted by atomic mass is 16.5. The first-order valence-electron chi connectivity index (χ1n) is 10.5. The molecular weight excluding hydrogens is 436 g/mol. The van der Waals surface area contributed by atoms with Crippen LogP contribution in [0.2, 0.25) is 0 Å². The number of hydrogen-bond acceptors (Lipinski definition) is 7. The van der Waals surface area contributed by atoms with E-state index >= 15 is 0 Å². The number of pyridine rings is 1. The Kier molecular flexibility index (Phi) is 6.49. The van der Waals surface area contributed by atoms with Crippen LogP contribution >= 0.6 is 0 Å². The Morgan fingerprint density at radius 2 is 1.59 bits per heavy atom. The first-order chi connectivity index (χ1) is 16.5. The Labute approximate surface area is 197 Å². The highest BCUT2D eigenvalue weighted by Crippen LogP contribution is 2.44. The maximum atomic E-state index is 13.3. The third kappa shape index (κ3) is 4.05. The molecule has 1 unspecified atom stereocenters. The molecule has 1 saturated heterocycles. The van der Waals surface area contributed by atoms with Gasteiger partial charge < -0.3 is 24.2 Å². The summed E-state index contributed by atoms with van der Waals surface area (Å²) in [6.07, 6.45) is 1.62. The Hall–Kier alpha value is -4.33. The summed E-state index contributed by atoms with van der Waals surface area (Å²) < 4.78 is 16.1. The van der Waals surface area contributed by atoms with Gasteiger partial charge in [-0.1, -0.05) is 24.3 Å². The number of carbonyl (C=O) groups excluding carboxylic acids is 2. The van der Waals surface area contributed by atoms with Crippen molar-refractivity contribution >= 4 is 17.4 Å². The molecule has 1 N–H and O–H groups in total. The molecular formula is C26H24N2O6. The van der Waals surface area contributed by atoms with E-state index < -0.39 is 17.7 Å². The lowest BCUT2D eigenvalue weighted by Crippen LogP contribution is -2.29. The molecule has 4 rings (SSSR count). The fraction of sp³-hybridized carbons (Fsp3) is 0.192. The van der Waals surface area contributed by atoms with Gasteiger partial charge >= 0.3 is 0 Å². The molecule has 1 atom stereocenters. The zero-order valence-corrected chi connectivity index (χ0v) is 19.0. The second kappa shape index (κ2) is 9.66. The molecule has 8 heteroatoms. The summed E-state index contributed by atoms with van der Waals surface area (Å²) in [4.78, 5) is 32.2. The van der Waals surface area contributed by atoms with Gasteiger partial charge in [0.05, 0.1) is 45.2 Å². The lowest BCUT2D eigenvalue weighted by atomic mass is 9.94. The van der Waals surface area contributed by atoms with E-state index in [2.05, 4.69) is 4.98 Å². The van der Waals surface area contributed by atoms with Crippen molar-refractivity contribution in [1.29, 1.82) is 0 Å². The van der Waals surface area contributed by atoms with Crippen molar-refractivity contribution in [3.63, 3.8) is 0 Å². The molecule has 0 aliphatic carbocycles. The SMILES string of the molecule is COc1ccc(C2/C(=C(\O)c3c(OC)cccc3OC)C(=O)C(=O)N2Cc2ccccn2)cc1. The Morgan fingerprint density at radius 1 is 0.912 bits per heavy atom. The van der Waals surface area contributed by atoms with Gasteiger partial charge in [-0.3, -0.25) is 14.6 Å². The number of Topliss-reactive ketones (excluding diaryl/α,β-unsaturated/α-hetero) is 1. The fourth-order valence-electron chi connectivity index (χ4n) is 4.06. The second-order valence-corrected chi connectivity index (χ2v) is 7.56. The average Bonchev–Trinajstić information content (AvgIpc) is 3.13. The van der Waals surface area contributed by atoms with Crippen LogP contribution in [0.1, 0.15) is 22.9 Å². The summed E-state index contributed by atoms with van der Waals surface area (Å²) in [7, 11) is 4.45. The normalized spacial score (nSPS) is 17.0. The highest BCUT2D eigenvalue weighted by molar-refractivity contribution is 6.46.